The number of hydrogen-bond donors (Lipinski definition) is 1. The fourth-order valence-electron chi connectivity index (χ4n) is 1.99. The first-order valence-electron chi connectivity index (χ1n) is 5.72. The van der Waals surface area contributed by atoms with Crippen LogP contribution in [-0.2, 0) is 0 Å². The minimum absolute atomic E-state index is 0.243. The third-order valence-corrected chi connectivity index (χ3v) is 4.02. The predicted molar refractivity (Wildman–Crippen MR) is 66.0 cm³/mol. The van der Waals surface area contributed by atoms with E-state index in [-0.39, 0.29) is 4.88 Å². The number of carbonyl (C=O) groups is 1. The van der Waals surface area contributed by atoms with Crippen LogP contribution in [0.4, 0.5) is 18.2 Å². The summed E-state index contributed by atoms with van der Waals surface area (Å²) < 4.78 is 36.7. The second-order valence-corrected chi connectivity index (χ2v) is 5.38. The second-order valence-electron chi connectivity index (χ2n) is 4.32. The van der Waals surface area contributed by atoms with Gasteiger partial charge >= 0.3 is 12.1 Å². The fraction of sp³-hybridized carbons (Fsp3) is 0.545. The van der Waals surface area contributed by atoms with E-state index >= 15 is 0 Å². The quantitative estimate of drug-likeness (QED) is 0.927. The number of nitrogens with zero attached hydrogens (tertiary/aromatic N) is 2. The van der Waals surface area contributed by atoms with Crippen LogP contribution in [0.5, 0.6) is 0 Å². The fourth-order valence-corrected chi connectivity index (χ4v) is 2.89. The molecule has 1 aliphatic heterocycles. The third kappa shape index (κ3) is 3.84. The highest BCUT2D eigenvalue weighted by atomic mass is 32.1. The summed E-state index contributed by atoms with van der Waals surface area (Å²) in [6.07, 6.45) is -4.17. The summed E-state index contributed by atoms with van der Waals surface area (Å²) in [6.45, 7) is 0.747. The molecule has 2 heterocycles. The van der Waals surface area contributed by atoms with Crippen LogP contribution in [0, 0.1) is 0 Å². The van der Waals surface area contributed by atoms with Gasteiger partial charge in [-0.2, -0.15) is 13.2 Å². The molecule has 0 atom stereocenters. The molecule has 0 saturated carbocycles. The maximum absolute atomic E-state index is 12.2. The van der Waals surface area contributed by atoms with Gasteiger partial charge in [-0.1, -0.05) is 0 Å². The van der Waals surface area contributed by atoms with Crippen LogP contribution in [0.1, 0.15) is 9.67 Å². The minimum Gasteiger partial charge on any atom is -0.477 e. The van der Waals surface area contributed by atoms with E-state index in [1.54, 1.807) is 6.07 Å². The van der Waals surface area contributed by atoms with Crippen LogP contribution in [-0.4, -0.2) is 54.9 Å². The number of hydrogen-bond acceptors (Lipinski definition) is 4. The summed E-state index contributed by atoms with van der Waals surface area (Å²) in [5, 5.41) is 9.62. The van der Waals surface area contributed by atoms with Gasteiger partial charge in [0.2, 0.25) is 0 Å². The Labute approximate surface area is 112 Å². The average molecular weight is 294 g/mol. The lowest BCUT2D eigenvalue weighted by atomic mass is 10.3. The number of piperazine rings is 1. The van der Waals surface area contributed by atoms with Crippen molar-refractivity contribution in [1.82, 2.24) is 4.90 Å². The lowest BCUT2D eigenvalue weighted by Gasteiger charge is -2.35. The van der Waals surface area contributed by atoms with Gasteiger partial charge < -0.3 is 10.0 Å². The molecule has 1 fully saturated rings. The van der Waals surface area contributed by atoms with Crippen molar-refractivity contribution in [2.45, 2.75) is 6.18 Å². The lowest BCUT2D eigenvalue weighted by Crippen LogP contribution is -2.49. The van der Waals surface area contributed by atoms with E-state index in [0.717, 1.165) is 16.3 Å². The van der Waals surface area contributed by atoms with Gasteiger partial charge in [-0.05, 0) is 12.1 Å². The van der Waals surface area contributed by atoms with Gasteiger partial charge in [-0.25, -0.2) is 4.79 Å². The van der Waals surface area contributed by atoms with Gasteiger partial charge in [-0.15, -0.1) is 11.3 Å². The van der Waals surface area contributed by atoms with Crippen molar-refractivity contribution in [3.05, 3.63) is 17.0 Å². The first kappa shape index (κ1) is 14.1. The van der Waals surface area contributed by atoms with Crippen molar-refractivity contribution < 1.29 is 23.1 Å². The highest BCUT2D eigenvalue weighted by Gasteiger charge is 2.32. The summed E-state index contributed by atoms with van der Waals surface area (Å²) in [6, 6.07) is 3.22. The molecule has 1 aromatic rings. The number of alkyl halides is 3. The molecule has 0 spiro atoms. The summed E-state index contributed by atoms with van der Waals surface area (Å²) in [4.78, 5) is 14.3. The largest absolute Gasteiger partial charge is 0.477 e. The topological polar surface area (TPSA) is 43.8 Å². The van der Waals surface area contributed by atoms with Crippen LogP contribution in [0.2, 0.25) is 0 Å². The van der Waals surface area contributed by atoms with E-state index in [1.165, 1.54) is 11.0 Å². The van der Waals surface area contributed by atoms with E-state index in [2.05, 4.69) is 0 Å². The standard InChI is InChI=1S/C11H13F3N2O2S/c12-11(13,14)7-15-3-5-16(6-4-15)9-2-1-8(19-9)10(17)18/h1-2H,3-7H2,(H,17,18). The monoisotopic (exact) mass is 294 g/mol. The Bertz CT molecular complexity index is 453. The van der Waals surface area contributed by atoms with Crippen LogP contribution in [0.15, 0.2) is 12.1 Å². The molecule has 8 heteroatoms. The number of halogens is 3. The van der Waals surface area contributed by atoms with Crippen molar-refractivity contribution in [2.75, 3.05) is 37.6 Å². The predicted octanol–water partition coefficient (Wildman–Crippen LogP) is 2.13. The highest BCUT2D eigenvalue weighted by Crippen LogP contribution is 2.27. The van der Waals surface area contributed by atoms with Gasteiger partial charge in [0, 0.05) is 26.2 Å². The molecule has 1 aliphatic rings. The number of carboxylic acid groups (broad SMARTS) is 1. The summed E-state index contributed by atoms with van der Waals surface area (Å²) >= 11 is 1.15. The Hall–Kier alpha value is -1.28. The van der Waals surface area contributed by atoms with Gasteiger partial charge in [0.15, 0.2) is 0 Å². The van der Waals surface area contributed by atoms with Crippen LogP contribution in [0.25, 0.3) is 0 Å². The second kappa shape index (κ2) is 5.38. The zero-order valence-electron chi connectivity index (χ0n) is 9.98. The summed E-state index contributed by atoms with van der Waals surface area (Å²) in [5.74, 6) is -0.980. The van der Waals surface area contributed by atoms with Crippen molar-refractivity contribution in [1.29, 1.82) is 0 Å². The van der Waals surface area contributed by atoms with Crippen molar-refractivity contribution in [3.63, 3.8) is 0 Å². The Balaban J connectivity index is 1.90. The molecule has 1 N–H and O–H groups in total. The van der Waals surface area contributed by atoms with Crippen LogP contribution in [0.3, 0.4) is 0 Å². The normalized spacial score (nSPS) is 17.7. The molecule has 0 aliphatic carbocycles. The number of rotatable bonds is 3. The molecule has 1 saturated heterocycles. The number of thiophene rings is 1. The van der Waals surface area contributed by atoms with Crippen molar-refractivity contribution >= 4 is 22.3 Å². The molecule has 0 amide bonds. The Morgan fingerprint density at radius 2 is 1.89 bits per heavy atom. The van der Waals surface area contributed by atoms with Crippen molar-refractivity contribution in [3.8, 4) is 0 Å². The molecule has 0 aromatic carbocycles. The number of carboxylic acids is 1. The molecule has 19 heavy (non-hydrogen) atoms. The molecule has 2 rings (SSSR count). The van der Waals surface area contributed by atoms with Crippen LogP contribution < -0.4 is 4.90 Å². The number of aromatic carboxylic acids is 1. The van der Waals surface area contributed by atoms with E-state index in [9.17, 15) is 18.0 Å². The highest BCUT2D eigenvalue weighted by molar-refractivity contribution is 7.17. The average Bonchev–Trinajstić information content (AvgIpc) is 2.77. The minimum atomic E-state index is -4.17. The lowest BCUT2D eigenvalue weighted by molar-refractivity contribution is -0.146. The van der Waals surface area contributed by atoms with Gasteiger partial charge in [0.1, 0.15) is 4.88 Å². The maximum Gasteiger partial charge on any atom is 0.401 e. The SMILES string of the molecule is O=C(O)c1ccc(N2CCN(CC(F)(F)F)CC2)s1. The molecule has 1 aromatic heterocycles. The van der Waals surface area contributed by atoms with Crippen molar-refractivity contribution in [2.24, 2.45) is 0 Å². The Morgan fingerprint density at radius 1 is 1.26 bits per heavy atom. The molecule has 106 valence electrons. The molecular formula is C11H13F3N2O2S. The first-order valence-corrected chi connectivity index (χ1v) is 6.54. The Morgan fingerprint density at radius 3 is 2.37 bits per heavy atom. The molecule has 0 unspecified atom stereocenters. The maximum atomic E-state index is 12.2. The summed E-state index contributed by atoms with van der Waals surface area (Å²) in [5.41, 5.74) is 0. The Kier molecular flexibility index (Phi) is 4.00. The smallest absolute Gasteiger partial charge is 0.401 e. The summed E-state index contributed by atoms with van der Waals surface area (Å²) in [7, 11) is 0. The van der Waals surface area contributed by atoms with E-state index in [1.807, 2.05) is 4.90 Å². The molecular weight excluding hydrogens is 281 g/mol. The van der Waals surface area contributed by atoms with Crippen LogP contribution >= 0.6 is 11.3 Å². The third-order valence-electron chi connectivity index (χ3n) is 2.89. The zero-order chi connectivity index (χ0) is 14.0. The van der Waals surface area contributed by atoms with Gasteiger partial charge in [-0.3, -0.25) is 4.90 Å². The molecule has 0 radical (unpaired) electrons. The van der Waals surface area contributed by atoms with Gasteiger partial charge in [0.25, 0.3) is 0 Å². The van der Waals surface area contributed by atoms with E-state index < -0.39 is 18.7 Å². The van der Waals surface area contributed by atoms with E-state index in [0.29, 0.717) is 26.2 Å². The number of anilines is 1. The first-order chi connectivity index (χ1) is 8.85. The zero-order valence-corrected chi connectivity index (χ0v) is 10.8. The van der Waals surface area contributed by atoms with Gasteiger partial charge in [0.05, 0.1) is 11.5 Å². The van der Waals surface area contributed by atoms with E-state index in [4.69, 9.17) is 5.11 Å². The molecule has 0 bridgehead atoms. The molecule has 4 nitrogen and oxygen atoms in total.